The number of hydrogen-bond donors (Lipinski definition) is 1. The van der Waals surface area contributed by atoms with Gasteiger partial charge < -0.3 is 10.1 Å². The molecule has 1 amide bonds. The van der Waals surface area contributed by atoms with Gasteiger partial charge in [0.1, 0.15) is 11.5 Å². The summed E-state index contributed by atoms with van der Waals surface area (Å²) in [6.07, 6.45) is -1.59. The molecule has 0 saturated heterocycles. The molecule has 0 bridgehead atoms. The third kappa shape index (κ3) is 6.52. The van der Waals surface area contributed by atoms with Crippen molar-refractivity contribution in [2.24, 2.45) is 0 Å². The first kappa shape index (κ1) is 23.3. The molecule has 1 aliphatic rings. The summed E-state index contributed by atoms with van der Waals surface area (Å²) in [4.78, 5) is 19.9. The second-order valence-electron chi connectivity index (χ2n) is 6.29. The van der Waals surface area contributed by atoms with Crippen LogP contribution in [-0.2, 0) is 28.6 Å². The third-order valence-corrected chi connectivity index (χ3v) is 4.84. The van der Waals surface area contributed by atoms with Crippen LogP contribution in [0.2, 0.25) is 0 Å². The third-order valence-electron chi connectivity index (χ3n) is 4.27. The van der Waals surface area contributed by atoms with E-state index in [-0.39, 0.29) is 23.0 Å². The minimum absolute atomic E-state index is 0.0476. The lowest BCUT2D eigenvalue weighted by atomic mass is 10.1. The molecule has 0 unspecified atom stereocenters. The normalized spacial score (nSPS) is 12.1. The first-order valence-electron chi connectivity index (χ1n) is 8.95. The first-order valence-corrected chi connectivity index (χ1v) is 10.00. The van der Waals surface area contributed by atoms with Crippen LogP contribution in [0, 0.1) is 11.3 Å². The van der Waals surface area contributed by atoms with Crippen molar-refractivity contribution in [3.8, 4) is 17.6 Å². The zero-order valence-electron chi connectivity index (χ0n) is 16.1. The van der Waals surface area contributed by atoms with Crippen LogP contribution in [0.15, 0.2) is 36.4 Å². The number of nitriles is 1. The number of rotatable bonds is 5. The van der Waals surface area contributed by atoms with Crippen LogP contribution in [0.3, 0.4) is 0 Å². The second kappa shape index (κ2) is 10.7. The van der Waals surface area contributed by atoms with Crippen molar-refractivity contribution in [1.29, 1.82) is 5.26 Å². The van der Waals surface area contributed by atoms with Gasteiger partial charge in [-0.3, -0.25) is 9.59 Å². The highest BCUT2D eigenvalue weighted by Crippen LogP contribution is 2.39. The molecule has 2 aromatic carbocycles. The van der Waals surface area contributed by atoms with E-state index < -0.39 is 11.7 Å². The van der Waals surface area contributed by atoms with E-state index in [1.807, 2.05) is 6.07 Å². The number of fused-ring (bicyclic) bond motifs is 1. The fraction of sp³-hybridized carbons (Fsp3) is 0.286. The summed E-state index contributed by atoms with van der Waals surface area (Å²) in [7, 11) is 1.54. The van der Waals surface area contributed by atoms with E-state index in [4.69, 9.17) is 10.00 Å². The Labute approximate surface area is 176 Å². The number of alkyl halides is 3. The zero-order valence-corrected chi connectivity index (χ0v) is 16.9. The van der Waals surface area contributed by atoms with E-state index >= 15 is 0 Å². The summed E-state index contributed by atoms with van der Waals surface area (Å²) in [5, 5.41) is 11.1. The van der Waals surface area contributed by atoms with Crippen molar-refractivity contribution in [3.05, 3.63) is 58.7 Å². The van der Waals surface area contributed by atoms with Gasteiger partial charge >= 0.3 is 6.18 Å². The summed E-state index contributed by atoms with van der Waals surface area (Å²) in [6.45, 7) is 0. The highest BCUT2D eigenvalue weighted by molar-refractivity contribution is 8.12. The van der Waals surface area contributed by atoms with Gasteiger partial charge in [0.15, 0.2) is 5.62 Å². The van der Waals surface area contributed by atoms with Gasteiger partial charge in [0.25, 0.3) is 0 Å². The Bertz CT molecular complexity index is 955. The number of carbonyl (C=O) groups is 2. The number of thioether (sulfide) groups is 1. The second-order valence-corrected chi connectivity index (χ2v) is 7.10. The Morgan fingerprint density at radius 2 is 1.97 bits per heavy atom. The van der Waals surface area contributed by atoms with Gasteiger partial charge in [-0.05, 0) is 60.7 Å². The van der Waals surface area contributed by atoms with Gasteiger partial charge in [-0.15, -0.1) is 0 Å². The van der Waals surface area contributed by atoms with Crippen LogP contribution < -0.4 is 10.1 Å². The maximum absolute atomic E-state index is 13.1. The van der Waals surface area contributed by atoms with Crippen LogP contribution in [-0.4, -0.2) is 24.3 Å². The Morgan fingerprint density at radius 3 is 2.60 bits per heavy atom. The lowest BCUT2D eigenvalue weighted by Gasteiger charge is -2.14. The molecule has 0 aliphatic heterocycles. The largest absolute Gasteiger partial charge is 0.457 e. The molecule has 158 valence electrons. The molecule has 0 spiro atoms. The number of benzene rings is 2. The molecule has 1 aliphatic carbocycles. The molecule has 0 heterocycles. The lowest BCUT2D eigenvalue weighted by molar-refractivity contribution is -0.138. The van der Waals surface area contributed by atoms with Crippen molar-refractivity contribution in [2.75, 3.05) is 12.8 Å². The average molecular weight is 436 g/mol. The van der Waals surface area contributed by atoms with Crippen molar-refractivity contribution in [2.45, 2.75) is 25.4 Å². The molecule has 9 heteroatoms. The lowest BCUT2D eigenvalue weighted by Crippen LogP contribution is -2.19. The molecular weight excluding hydrogens is 417 g/mol. The number of amides is 1. The van der Waals surface area contributed by atoms with E-state index in [1.54, 1.807) is 18.2 Å². The van der Waals surface area contributed by atoms with Crippen LogP contribution >= 0.6 is 11.8 Å². The Hall–Kier alpha value is -2.99. The van der Waals surface area contributed by atoms with Gasteiger partial charge in [-0.2, -0.15) is 18.4 Å². The monoisotopic (exact) mass is 436 g/mol. The molecule has 30 heavy (non-hydrogen) atoms. The summed E-state index contributed by atoms with van der Waals surface area (Å²) in [6, 6.07) is 10.4. The van der Waals surface area contributed by atoms with Crippen molar-refractivity contribution in [3.63, 3.8) is 0 Å². The highest BCUT2D eigenvalue weighted by atomic mass is 32.2. The SMILES string of the molecule is CNC(=O)CSC=O.N#Cc1ccc(Oc2ccc3c(c2)CCC3)c(C(F)(F)F)c1. The molecule has 0 fully saturated rings. The van der Waals surface area contributed by atoms with E-state index in [9.17, 15) is 22.8 Å². The Kier molecular flexibility index (Phi) is 8.30. The minimum atomic E-state index is -4.57. The van der Waals surface area contributed by atoms with Gasteiger partial charge in [0.05, 0.1) is 22.9 Å². The maximum Gasteiger partial charge on any atom is 0.420 e. The quantitative estimate of drug-likeness (QED) is 0.698. The summed E-state index contributed by atoms with van der Waals surface area (Å²) < 4.78 is 44.7. The fourth-order valence-electron chi connectivity index (χ4n) is 2.83. The molecule has 0 saturated carbocycles. The number of nitrogens with zero attached hydrogens (tertiary/aromatic N) is 1. The predicted molar refractivity (Wildman–Crippen MR) is 108 cm³/mol. The predicted octanol–water partition coefficient (Wildman–Crippen LogP) is 4.51. The average Bonchev–Trinajstić information content (AvgIpc) is 3.20. The number of aryl methyl sites for hydroxylation is 2. The number of hydrogen-bond acceptors (Lipinski definition) is 5. The van der Waals surface area contributed by atoms with Crippen molar-refractivity contribution >= 4 is 23.3 Å². The highest BCUT2D eigenvalue weighted by Gasteiger charge is 2.35. The number of carbonyl (C=O) groups excluding carboxylic acids is 2. The molecule has 0 radical (unpaired) electrons. The standard InChI is InChI=1S/C17H12F3NO.C4H7NO2S/c18-17(19,20)15-8-11(10-21)4-7-16(15)22-14-6-5-12-2-1-3-13(12)9-14;1-5-4(7)2-8-3-6/h4-9H,1-3H2;3H,2H2,1H3,(H,5,7). The van der Waals surface area contributed by atoms with Crippen molar-refractivity contribution in [1.82, 2.24) is 5.32 Å². The molecular formula is C21H19F3N2O3S. The Balaban J connectivity index is 0.000000343. The first-order chi connectivity index (χ1) is 14.3. The van der Waals surface area contributed by atoms with Crippen LogP contribution in [0.25, 0.3) is 0 Å². The minimum Gasteiger partial charge on any atom is -0.457 e. The molecule has 2 aromatic rings. The molecule has 5 nitrogen and oxygen atoms in total. The summed E-state index contributed by atoms with van der Waals surface area (Å²) in [5.41, 5.74) is 2.01. The van der Waals surface area contributed by atoms with E-state index in [0.717, 1.165) is 42.7 Å². The topological polar surface area (TPSA) is 79.2 Å². The van der Waals surface area contributed by atoms with Gasteiger partial charge in [0, 0.05) is 7.05 Å². The van der Waals surface area contributed by atoms with Gasteiger partial charge in [0.2, 0.25) is 5.91 Å². The number of ether oxygens (including phenoxy) is 1. The van der Waals surface area contributed by atoms with Crippen molar-refractivity contribution < 1.29 is 27.5 Å². The Morgan fingerprint density at radius 1 is 1.23 bits per heavy atom. The van der Waals surface area contributed by atoms with Gasteiger partial charge in [-0.1, -0.05) is 17.8 Å². The smallest absolute Gasteiger partial charge is 0.420 e. The van der Waals surface area contributed by atoms with E-state index in [2.05, 4.69) is 5.32 Å². The van der Waals surface area contributed by atoms with Crippen LogP contribution in [0.5, 0.6) is 11.5 Å². The maximum atomic E-state index is 13.1. The zero-order chi connectivity index (χ0) is 22.1. The fourth-order valence-corrected chi connectivity index (χ4v) is 3.19. The number of nitrogens with one attached hydrogen (secondary N) is 1. The summed E-state index contributed by atoms with van der Waals surface area (Å²) >= 11 is 0.948. The molecule has 1 N–H and O–H groups in total. The van der Waals surface area contributed by atoms with Crippen LogP contribution in [0.4, 0.5) is 13.2 Å². The molecule has 0 aromatic heterocycles. The van der Waals surface area contributed by atoms with E-state index in [1.165, 1.54) is 24.7 Å². The van der Waals surface area contributed by atoms with E-state index in [0.29, 0.717) is 11.4 Å². The molecule has 0 atom stereocenters. The van der Waals surface area contributed by atoms with Crippen LogP contribution in [0.1, 0.15) is 28.7 Å². The number of halogens is 3. The molecule has 3 rings (SSSR count). The summed E-state index contributed by atoms with van der Waals surface area (Å²) in [5.74, 6) is 0.197. The van der Waals surface area contributed by atoms with Gasteiger partial charge in [-0.25, -0.2) is 0 Å².